The van der Waals surface area contributed by atoms with Crippen LogP contribution in [0.25, 0.3) is 0 Å². The molecule has 1 aliphatic carbocycles. The quantitative estimate of drug-likeness (QED) is 0.753. The van der Waals surface area contributed by atoms with E-state index in [1.54, 1.807) is 11.3 Å². The zero-order valence-corrected chi connectivity index (χ0v) is 16.2. The average Bonchev–Trinajstić information content (AvgIpc) is 3.23. The first kappa shape index (κ1) is 18.5. The molecule has 0 bridgehead atoms. The third-order valence-corrected chi connectivity index (χ3v) is 6.30. The van der Waals surface area contributed by atoms with Gasteiger partial charge in [-0.25, -0.2) is 4.79 Å². The molecule has 0 radical (unpaired) electrons. The van der Waals surface area contributed by atoms with E-state index < -0.39 is 29.9 Å². The molecule has 4 rings (SSSR count). The van der Waals surface area contributed by atoms with Crippen LogP contribution in [-0.2, 0) is 21.5 Å². The normalized spacial score (nSPS) is 20.6. The lowest BCUT2D eigenvalue weighted by Crippen LogP contribution is -2.46. The predicted octanol–water partition coefficient (Wildman–Crippen LogP) is 3.00. The summed E-state index contributed by atoms with van der Waals surface area (Å²) in [6.45, 7) is -0.399. The zero-order valence-electron chi connectivity index (χ0n) is 14.6. The van der Waals surface area contributed by atoms with Crippen molar-refractivity contribution in [3.8, 4) is 6.07 Å². The number of carbonyl (C=O) groups is 3. The Morgan fingerprint density at radius 3 is 2.96 bits per heavy atom. The van der Waals surface area contributed by atoms with Gasteiger partial charge in [0, 0.05) is 16.1 Å². The maximum absolute atomic E-state index is 13.1. The number of aryl methyl sites for hydroxylation is 1. The van der Waals surface area contributed by atoms with Gasteiger partial charge < -0.3 is 10.6 Å². The number of amides is 4. The second kappa shape index (κ2) is 6.93. The molecule has 0 saturated carbocycles. The molecule has 0 unspecified atom stereocenters. The summed E-state index contributed by atoms with van der Waals surface area (Å²) in [4.78, 5) is 40.0. The second-order valence-electron chi connectivity index (χ2n) is 6.69. The minimum absolute atomic E-state index is 0.210. The number of hydrogen-bond acceptors (Lipinski definition) is 5. The molecule has 142 valence electrons. The Morgan fingerprint density at radius 1 is 1.39 bits per heavy atom. The van der Waals surface area contributed by atoms with Crippen LogP contribution >= 0.6 is 22.9 Å². The summed E-state index contributed by atoms with van der Waals surface area (Å²) >= 11 is 7.54. The number of nitrogens with zero attached hydrogens (tertiary/aromatic N) is 2. The highest BCUT2D eigenvalue weighted by Gasteiger charge is 2.54. The number of benzene rings is 1. The maximum Gasteiger partial charge on any atom is 0.325 e. The number of thiophene rings is 1. The summed E-state index contributed by atoms with van der Waals surface area (Å²) in [5.41, 5.74) is 0.444. The molecule has 1 saturated heterocycles. The standard InChI is InChI=1S/C19H15ClN4O3S/c20-14-8-12(4-3-11(14)9-21)22-16(25)10-24-17(26)19(23-18(24)27)6-1-2-15-13(19)5-7-28-15/h3-5,7-8H,1-2,6,10H2,(H,22,25)(H,23,27)/t19-/m0/s1. The lowest BCUT2D eigenvalue weighted by atomic mass is 9.80. The molecule has 7 nitrogen and oxygen atoms in total. The van der Waals surface area contributed by atoms with E-state index in [0.29, 0.717) is 17.7 Å². The number of urea groups is 1. The molecule has 1 fully saturated rings. The van der Waals surface area contributed by atoms with Crippen LogP contribution < -0.4 is 10.6 Å². The van der Waals surface area contributed by atoms with Crippen molar-refractivity contribution in [1.29, 1.82) is 5.26 Å². The SMILES string of the molecule is N#Cc1ccc(NC(=O)CN2C(=O)N[C@]3(CCCc4sccc43)C2=O)cc1Cl. The molecule has 2 aromatic rings. The fourth-order valence-electron chi connectivity index (χ4n) is 3.71. The van der Waals surface area contributed by atoms with E-state index in [1.807, 2.05) is 17.5 Å². The Kier molecular flexibility index (Phi) is 4.57. The first-order valence-electron chi connectivity index (χ1n) is 8.65. The monoisotopic (exact) mass is 414 g/mol. The Morgan fingerprint density at radius 2 is 2.21 bits per heavy atom. The van der Waals surface area contributed by atoms with Crippen molar-refractivity contribution in [3.05, 3.63) is 50.7 Å². The number of imide groups is 1. The van der Waals surface area contributed by atoms with E-state index in [1.165, 1.54) is 18.2 Å². The van der Waals surface area contributed by atoms with Gasteiger partial charge in [0.2, 0.25) is 5.91 Å². The molecule has 9 heteroatoms. The van der Waals surface area contributed by atoms with Crippen molar-refractivity contribution in [1.82, 2.24) is 10.2 Å². The number of rotatable bonds is 3. The van der Waals surface area contributed by atoms with Gasteiger partial charge >= 0.3 is 6.03 Å². The first-order valence-corrected chi connectivity index (χ1v) is 9.91. The molecule has 1 aromatic heterocycles. The smallest absolute Gasteiger partial charge is 0.324 e. The molecular formula is C19H15ClN4O3S. The maximum atomic E-state index is 13.1. The highest BCUT2D eigenvalue weighted by Crippen LogP contribution is 2.42. The van der Waals surface area contributed by atoms with Crippen molar-refractivity contribution < 1.29 is 14.4 Å². The number of hydrogen-bond donors (Lipinski definition) is 2. The second-order valence-corrected chi connectivity index (χ2v) is 8.10. The van der Waals surface area contributed by atoms with Gasteiger partial charge in [-0.3, -0.25) is 14.5 Å². The van der Waals surface area contributed by atoms with E-state index in [0.717, 1.165) is 28.2 Å². The number of carbonyl (C=O) groups excluding carboxylic acids is 3. The highest BCUT2D eigenvalue weighted by atomic mass is 35.5. The van der Waals surface area contributed by atoms with Gasteiger partial charge in [0.15, 0.2) is 0 Å². The molecule has 1 aromatic carbocycles. The van der Waals surface area contributed by atoms with Crippen molar-refractivity contribution in [2.24, 2.45) is 0 Å². The van der Waals surface area contributed by atoms with Crippen LogP contribution in [0.2, 0.25) is 5.02 Å². The molecule has 1 spiro atoms. The summed E-state index contributed by atoms with van der Waals surface area (Å²) in [7, 11) is 0. The Labute approximate surface area is 169 Å². The van der Waals surface area contributed by atoms with Crippen molar-refractivity contribution >= 4 is 46.5 Å². The topological polar surface area (TPSA) is 102 Å². The third-order valence-electron chi connectivity index (χ3n) is 5.01. The van der Waals surface area contributed by atoms with Crippen LogP contribution in [0.15, 0.2) is 29.6 Å². The molecular weight excluding hydrogens is 400 g/mol. The molecule has 2 heterocycles. The molecule has 2 N–H and O–H groups in total. The zero-order chi connectivity index (χ0) is 19.9. The fourth-order valence-corrected chi connectivity index (χ4v) is 4.94. The lowest BCUT2D eigenvalue weighted by Gasteiger charge is -2.31. The number of fused-ring (bicyclic) bond motifs is 2. The van der Waals surface area contributed by atoms with Gasteiger partial charge in [-0.15, -0.1) is 11.3 Å². The van der Waals surface area contributed by atoms with E-state index in [9.17, 15) is 14.4 Å². The van der Waals surface area contributed by atoms with E-state index in [2.05, 4.69) is 10.6 Å². The largest absolute Gasteiger partial charge is 0.325 e. The number of anilines is 1. The van der Waals surface area contributed by atoms with Crippen LogP contribution in [0.3, 0.4) is 0 Å². The molecule has 2 aliphatic rings. The number of nitrogens with one attached hydrogen (secondary N) is 2. The molecule has 4 amide bonds. The van der Waals surface area contributed by atoms with Crippen LogP contribution in [0, 0.1) is 11.3 Å². The lowest BCUT2D eigenvalue weighted by molar-refractivity contribution is -0.134. The Hall–Kier alpha value is -2.89. The summed E-state index contributed by atoms with van der Waals surface area (Å²) < 4.78 is 0. The fraction of sp³-hybridized carbons (Fsp3) is 0.263. The summed E-state index contributed by atoms with van der Waals surface area (Å²) in [6, 6.07) is 7.71. The van der Waals surface area contributed by atoms with Gasteiger partial charge in [-0.2, -0.15) is 5.26 Å². The summed E-state index contributed by atoms with van der Waals surface area (Å²) in [6.07, 6.45) is 2.20. The van der Waals surface area contributed by atoms with Crippen molar-refractivity contribution in [3.63, 3.8) is 0 Å². The summed E-state index contributed by atoms with van der Waals surface area (Å²) in [5, 5.41) is 16.4. The van der Waals surface area contributed by atoms with Crippen molar-refractivity contribution in [2.75, 3.05) is 11.9 Å². The van der Waals surface area contributed by atoms with E-state index in [-0.39, 0.29) is 5.02 Å². The van der Waals surface area contributed by atoms with E-state index >= 15 is 0 Å². The predicted molar refractivity (Wildman–Crippen MR) is 104 cm³/mol. The van der Waals surface area contributed by atoms with Gasteiger partial charge in [-0.1, -0.05) is 11.6 Å². The number of halogens is 1. The Balaban J connectivity index is 1.51. The Bertz CT molecular complexity index is 1040. The van der Waals surface area contributed by atoms with Crippen LogP contribution in [0.4, 0.5) is 10.5 Å². The highest BCUT2D eigenvalue weighted by molar-refractivity contribution is 7.10. The van der Waals surface area contributed by atoms with Gasteiger partial charge in [0.1, 0.15) is 18.2 Å². The van der Waals surface area contributed by atoms with Gasteiger partial charge in [-0.05, 0) is 48.9 Å². The molecule has 1 atom stereocenters. The van der Waals surface area contributed by atoms with Gasteiger partial charge in [0.25, 0.3) is 5.91 Å². The van der Waals surface area contributed by atoms with E-state index in [4.69, 9.17) is 16.9 Å². The van der Waals surface area contributed by atoms with Crippen LogP contribution in [0.1, 0.15) is 28.8 Å². The van der Waals surface area contributed by atoms with Crippen molar-refractivity contribution in [2.45, 2.75) is 24.8 Å². The van der Waals surface area contributed by atoms with Crippen LogP contribution in [0.5, 0.6) is 0 Å². The van der Waals surface area contributed by atoms with Gasteiger partial charge in [0.05, 0.1) is 10.6 Å². The van der Waals surface area contributed by atoms with Crippen LogP contribution in [-0.4, -0.2) is 29.3 Å². The first-order chi connectivity index (χ1) is 13.4. The minimum atomic E-state index is -1.07. The molecule has 1 aliphatic heterocycles. The third kappa shape index (κ3) is 2.93. The average molecular weight is 415 g/mol. The minimum Gasteiger partial charge on any atom is -0.324 e. The number of nitriles is 1. The summed E-state index contributed by atoms with van der Waals surface area (Å²) in [5.74, 6) is -0.924. The molecule has 28 heavy (non-hydrogen) atoms.